The summed E-state index contributed by atoms with van der Waals surface area (Å²) in [5, 5.41) is 0. The molecule has 1 saturated carbocycles. The van der Waals surface area contributed by atoms with Gasteiger partial charge in [-0.15, -0.1) is 0 Å². The number of hydrogen-bond acceptors (Lipinski definition) is 6. The van der Waals surface area contributed by atoms with Crippen molar-refractivity contribution in [2.24, 2.45) is 11.8 Å². The van der Waals surface area contributed by atoms with Crippen molar-refractivity contribution in [3.05, 3.63) is 0 Å². The zero-order valence-electron chi connectivity index (χ0n) is 18.2. The van der Waals surface area contributed by atoms with Gasteiger partial charge in [-0.2, -0.15) is 0 Å². The molecule has 6 nitrogen and oxygen atoms in total. The average molecular weight is 401 g/mol. The summed E-state index contributed by atoms with van der Waals surface area (Å²) in [4.78, 5) is 24.2. The van der Waals surface area contributed by atoms with Gasteiger partial charge >= 0.3 is 11.9 Å². The predicted octanol–water partition coefficient (Wildman–Crippen LogP) is 4.29. The molecule has 2 atom stereocenters. The van der Waals surface area contributed by atoms with Gasteiger partial charge < -0.3 is 18.9 Å². The Morgan fingerprint density at radius 3 is 1.64 bits per heavy atom. The Labute approximate surface area is 170 Å². The van der Waals surface area contributed by atoms with Gasteiger partial charge in [-0.05, 0) is 50.4 Å². The molecule has 0 radical (unpaired) electrons. The van der Waals surface area contributed by atoms with Crippen molar-refractivity contribution in [3.8, 4) is 0 Å². The summed E-state index contributed by atoms with van der Waals surface area (Å²) in [5.74, 6) is 0.155. The van der Waals surface area contributed by atoms with Crippen molar-refractivity contribution in [3.63, 3.8) is 0 Å². The van der Waals surface area contributed by atoms with E-state index in [0.717, 1.165) is 64.6 Å². The molecule has 0 aliphatic heterocycles. The Morgan fingerprint density at radius 1 is 0.714 bits per heavy atom. The van der Waals surface area contributed by atoms with Crippen LogP contribution in [-0.4, -0.2) is 51.6 Å². The fraction of sp³-hybridized carbons (Fsp3) is 0.909. The molecule has 0 amide bonds. The second-order valence-electron chi connectivity index (χ2n) is 8.10. The molecule has 2 unspecified atom stereocenters. The van der Waals surface area contributed by atoms with E-state index in [1.165, 1.54) is 0 Å². The first-order valence-electron chi connectivity index (χ1n) is 10.8. The summed E-state index contributed by atoms with van der Waals surface area (Å²) < 4.78 is 21.5. The van der Waals surface area contributed by atoms with Crippen LogP contribution in [0.25, 0.3) is 0 Å². The maximum absolute atomic E-state index is 12.1. The van der Waals surface area contributed by atoms with E-state index in [1.807, 2.05) is 0 Å². The summed E-state index contributed by atoms with van der Waals surface area (Å²) in [6.45, 7) is 5.63. The number of rotatable bonds is 14. The second-order valence-corrected chi connectivity index (χ2v) is 8.10. The van der Waals surface area contributed by atoms with Crippen LogP contribution in [0.15, 0.2) is 0 Å². The highest BCUT2D eigenvalue weighted by atomic mass is 16.6. The average Bonchev–Trinajstić information content (AvgIpc) is 2.64. The van der Waals surface area contributed by atoms with Gasteiger partial charge in [-0.25, -0.2) is 0 Å². The van der Waals surface area contributed by atoms with E-state index in [4.69, 9.17) is 18.9 Å². The fourth-order valence-electron chi connectivity index (χ4n) is 3.92. The van der Waals surface area contributed by atoms with Crippen LogP contribution in [0.3, 0.4) is 0 Å². The highest BCUT2D eigenvalue weighted by molar-refractivity contribution is 5.70. The van der Waals surface area contributed by atoms with Gasteiger partial charge in [0, 0.05) is 40.3 Å². The second kappa shape index (κ2) is 14.8. The summed E-state index contributed by atoms with van der Waals surface area (Å²) >= 11 is 0. The standard InChI is InChI=1S/C22H40O6/c1-17-15-19(27-20(23)11-7-5-9-13-25-3)16-18(2)22(17)28-21(24)12-8-6-10-14-26-4/h17-19,22H,5-16H2,1-4H3. The lowest BCUT2D eigenvalue weighted by atomic mass is 9.79. The van der Waals surface area contributed by atoms with Crippen LogP contribution < -0.4 is 0 Å². The lowest BCUT2D eigenvalue weighted by Gasteiger charge is -2.38. The third-order valence-corrected chi connectivity index (χ3v) is 5.42. The molecule has 0 spiro atoms. The lowest BCUT2D eigenvalue weighted by Crippen LogP contribution is -2.41. The zero-order chi connectivity index (χ0) is 20.8. The minimum Gasteiger partial charge on any atom is -0.462 e. The summed E-state index contributed by atoms with van der Waals surface area (Å²) in [6, 6.07) is 0. The number of esters is 2. The van der Waals surface area contributed by atoms with Crippen LogP contribution in [0.5, 0.6) is 0 Å². The third kappa shape index (κ3) is 10.4. The molecule has 0 aromatic heterocycles. The van der Waals surface area contributed by atoms with Gasteiger partial charge in [0.2, 0.25) is 0 Å². The normalized spacial score (nSPS) is 24.7. The largest absolute Gasteiger partial charge is 0.462 e. The lowest BCUT2D eigenvalue weighted by molar-refractivity contribution is -0.167. The first-order chi connectivity index (χ1) is 13.5. The number of carbonyl (C=O) groups is 2. The number of unbranched alkanes of at least 4 members (excludes halogenated alkanes) is 4. The molecule has 0 bridgehead atoms. The molecule has 1 fully saturated rings. The van der Waals surface area contributed by atoms with E-state index < -0.39 is 0 Å². The molecule has 0 heterocycles. The molecule has 0 N–H and O–H groups in total. The molecular formula is C22H40O6. The van der Waals surface area contributed by atoms with E-state index in [9.17, 15) is 9.59 Å². The van der Waals surface area contributed by atoms with Gasteiger partial charge in [0.1, 0.15) is 12.2 Å². The van der Waals surface area contributed by atoms with E-state index >= 15 is 0 Å². The van der Waals surface area contributed by atoms with Crippen LogP contribution in [-0.2, 0) is 28.5 Å². The van der Waals surface area contributed by atoms with Crippen molar-refractivity contribution in [1.29, 1.82) is 0 Å². The number of methoxy groups -OCH3 is 2. The molecule has 1 rings (SSSR count). The number of carbonyl (C=O) groups excluding carboxylic acids is 2. The van der Waals surface area contributed by atoms with Crippen LogP contribution in [0.2, 0.25) is 0 Å². The van der Waals surface area contributed by atoms with E-state index in [1.54, 1.807) is 14.2 Å². The van der Waals surface area contributed by atoms with Crippen molar-refractivity contribution >= 4 is 11.9 Å². The van der Waals surface area contributed by atoms with E-state index in [-0.39, 0.29) is 36.0 Å². The van der Waals surface area contributed by atoms with Crippen molar-refractivity contribution in [2.75, 3.05) is 27.4 Å². The Morgan fingerprint density at radius 2 is 1.18 bits per heavy atom. The molecule has 0 aromatic carbocycles. The highest BCUT2D eigenvalue weighted by Crippen LogP contribution is 2.33. The van der Waals surface area contributed by atoms with Crippen molar-refractivity contribution in [2.45, 2.75) is 90.3 Å². The predicted molar refractivity (Wildman–Crippen MR) is 108 cm³/mol. The minimum absolute atomic E-state index is 0.0690. The molecule has 1 aliphatic carbocycles. The Kier molecular flexibility index (Phi) is 13.2. The van der Waals surface area contributed by atoms with Crippen molar-refractivity contribution < 1.29 is 28.5 Å². The fourth-order valence-corrected chi connectivity index (χ4v) is 3.92. The molecule has 0 saturated heterocycles. The van der Waals surface area contributed by atoms with Crippen molar-refractivity contribution in [1.82, 2.24) is 0 Å². The van der Waals surface area contributed by atoms with Crippen LogP contribution >= 0.6 is 0 Å². The van der Waals surface area contributed by atoms with Gasteiger partial charge in [-0.1, -0.05) is 26.7 Å². The molecule has 164 valence electrons. The van der Waals surface area contributed by atoms with E-state index in [0.29, 0.717) is 12.8 Å². The first kappa shape index (κ1) is 24.9. The van der Waals surface area contributed by atoms with Crippen LogP contribution in [0.1, 0.15) is 78.1 Å². The quantitative estimate of drug-likeness (QED) is 0.320. The Hall–Kier alpha value is -1.14. The molecule has 6 heteroatoms. The van der Waals surface area contributed by atoms with Crippen LogP contribution in [0.4, 0.5) is 0 Å². The van der Waals surface area contributed by atoms with Gasteiger partial charge in [0.15, 0.2) is 0 Å². The molecule has 1 aliphatic rings. The van der Waals surface area contributed by atoms with Gasteiger partial charge in [0.25, 0.3) is 0 Å². The molecule has 28 heavy (non-hydrogen) atoms. The minimum atomic E-state index is -0.118. The summed E-state index contributed by atoms with van der Waals surface area (Å²) in [5.41, 5.74) is 0. The topological polar surface area (TPSA) is 71.1 Å². The Bertz CT molecular complexity index is 427. The smallest absolute Gasteiger partial charge is 0.306 e. The monoisotopic (exact) mass is 400 g/mol. The van der Waals surface area contributed by atoms with E-state index in [2.05, 4.69) is 13.8 Å². The SMILES string of the molecule is COCCCCCC(=O)OC1CC(C)C(OC(=O)CCCCCOC)C(C)C1. The van der Waals surface area contributed by atoms with Gasteiger partial charge in [-0.3, -0.25) is 9.59 Å². The zero-order valence-corrected chi connectivity index (χ0v) is 18.2. The maximum Gasteiger partial charge on any atom is 0.306 e. The van der Waals surface area contributed by atoms with Crippen LogP contribution in [0, 0.1) is 11.8 Å². The summed E-state index contributed by atoms with van der Waals surface area (Å²) in [6.07, 6.45) is 7.85. The van der Waals surface area contributed by atoms with Gasteiger partial charge in [0.05, 0.1) is 0 Å². The summed E-state index contributed by atoms with van der Waals surface area (Å²) in [7, 11) is 3.38. The number of ether oxygens (including phenoxy) is 4. The maximum atomic E-state index is 12.1. The molecular weight excluding hydrogens is 360 g/mol. The first-order valence-corrected chi connectivity index (χ1v) is 10.8. The highest BCUT2D eigenvalue weighted by Gasteiger charge is 2.37. The third-order valence-electron chi connectivity index (χ3n) is 5.42. The number of hydrogen-bond donors (Lipinski definition) is 0. The molecule has 0 aromatic rings. The Balaban J connectivity index is 2.27.